The molecule has 0 spiro atoms. The van der Waals surface area contributed by atoms with E-state index in [9.17, 15) is 4.79 Å². The largest absolute Gasteiger partial charge is 0.341 e. The Labute approximate surface area is 125 Å². The molecule has 3 heteroatoms. The Morgan fingerprint density at radius 3 is 2.67 bits per heavy atom. The van der Waals surface area contributed by atoms with Crippen molar-refractivity contribution in [2.75, 3.05) is 7.05 Å². The molecule has 3 rings (SSSR count). The molecule has 0 heterocycles. The van der Waals surface area contributed by atoms with Crippen molar-refractivity contribution in [2.45, 2.75) is 31.8 Å². The van der Waals surface area contributed by atoms with E-state index in [0.29, 0.717) is 18.9 Å². The average Bonchev–Trinajstić information content (AvgIpc) is 3.31. The Bertz CT molecular complexity index is 648. The van der Waals surface area contributed by atoms with Gasteiger partial charge >= 0.3 is 0 Å². The third-order valence-corrected chi connectivity index (χ3v) is 4.30. The van der Waals surface area contributed by atoms with Crippen LogP contribution >= 0.6 is 0 Å². The number of carbonyl (C=O) groups excluding carboxylic acids is 1. The number of fused-ring (bicyclic) bond motifs is 1. The van der Waals surface area contributed by atoms with Gasteiger partial charge in [-0.1, -0.05) is 36.4 Å². The molecular weight excluding hydrogens is 260 g/mol. The maximum absolute atomic E-state index is 12.2. The first kappa shape index (κ1) is 14.1. The first-order chi connectivity index (χ1) is 10.1. The Kier molecular flexibility index (Phi) is 3.93. The average molecular weight is 282 g/mol. The lowest BCUT2D eigenvalue weighted by Crippen LogP contribution is -2.34. The van der Waals surface area contributed by atoms with E-state index in [1.807, 2.05) is 19.2 Å². The number of rotatable bonds is 5. The monoisotopic (exact) mass is 282 g/mol. The molecule has 0 saturated heterocycles. The van der Waals surface area contributed by atoms with Crippen molar-refractivity contribution in [3.8, 4) is 0 Å². The standard InChI is InChI=1S/C18H22N2O/c1-20(18(21)11-17(19)15-8-9-15)12-13-6-7-14-4-2-3-5-16(14)10-13/h2-7,10,15,17H,8-9,11-12,19H2,1H3. The third kappa shape index (κ3) is 3.42. The molecule has 1 atom stereocenters. The van der Waals surface area contributed by atoms with Gasteiger partial charge in [0.25, 0.3) is 0 Å². The van der Waals surface area contributed by atoms with Crippen molar-refractivity contribution in [1.82, 2.24) is 4.90 Å². The van der Waals surface area contributed by atoms with E-state index < -0.39 is 0 Å². The van der Waals surface area contributed by atoms with Crippen LogP contribution in [0.3, 0.4) is 0 Å². The minimum absolute atomic E-state index is 0.0385. The van der Waals surface area contributed by atoms with Gasteiger partial charge < -0.3 is 10.6 Å². The lowest BCUT2D eigenvalue weighted by atomic mass is 10.1. The zero-order valence-electron chi connectivity index (χ0n) is 12.5. The fraction of sp³-hybridized carbons (Fsp3) is 0.389. The molecule has 1 aliphatic carbocycles. The molecule has 2 aromatic carbocycles. The predicted molar refractivity (Wildman–Crippen MR) is 85.7 cm³/mol. The summed E-state index contributed by atoms with van der Waals surface area (Å²) in [6.07, 6.45) is 2.83. The molecule has 0 aromatic heterocycles. The summed E-state index contributed by atoms with van der Waals surface area (Å²) < 4.78 is 0. The van der Waals surface area contributed by atoms with Gasteiger partial charge in [-0.05, 0) is 41.2 Å². The number of nitrogens with two attached hydrogens (primary N) is 1. The molecular formula is C18H22N2O. The summed E-state index contributed by atoms with van der Waals surface area (Å²) in [5, 5.41) is 2.44. The van der Waals surface area contributed by atoms with E-state index in [0.717, 1.165) is 5.56 Å². The smallest absolute Gasteiger partial charge is 0.224 e. The van der Waals surface area contributed by atoms with Crippen molar-refractivity contribution >= 4 is 16.7 Å². The highest BCUT2D eigenvalue weighted by Crippen LogP contribution is 2.33. The fourth-order valence-electron chi connectivity index (χ4n) is 2.75. The van der Waals surface area contributed by atoms with Crippen molar-refractivity contribution in [3.63, 3.8) is 0 Å². The number of nitrogens with zero attached hydrogens (tertiary/aromatic N) is 1. The number of hydrogen-bond donors (Lipinski definition) is 1. The summed E-state index contributed by atoms with van der Waals surface area (Å²) in [4.78, 5) is 14.0. The van der Waals surface area contributed by atoms with Gasteiger partial charge in [-0.15, -0.1) is 0 Å². The zero-order valence-corrected chi connectivity index (χ0v) is 12.5. The van der Waals surface area contributed by atoms with Crippen LogP contribution in [0.25, 0.3) is 10.8 Å². The fourth-order valence-corrected chi connectivity index (χ4v) is 2.75. The first-order valence-electron chi connectivity index (χ1n) is 7.61. The summed E-state index contributed by atoms with van der Waals surface area (Å²) in [5.74, 6) is 0.713. The number of benzene rings is 2. The first-order valence-corrected chi connectivity index (χ1v) is 7.61. The molecule has 21 heavy (non-hydrogen) atoms. The van der Waals surface area contributed by atoms with Crippen molar-refractivity contribution < 1.29 is 4.79 Å². The second-order valence-corrected chi connectivity index (χ2v) is 6.14. The van der Waals surface area contributed by atoms with Gasteiger partial charge in [-0.25, -0.2) is 0 Å². The number of carbonyl (C=O) groups is 1. The molecule has 0 bridgehead atoms. The molecule has 1 aliphatic rings. The third-order valence-electron chi connectivity index (χ3n) is 4.30. The van der Waals surface area contributed by atoms with E-state index >= 15 is 0 Å². The molecule has 110 valence electrons. The lowest BCUT2D eigenvalue weighted by Gasteiger charge is -2.20. The highest BCUT2D eigenvalue weighted by atomic mass is 16.2. The van der Waals surface area contributed by atoms with E-state index in [4.69, 9.17) is 5.73 Å². The van der Waals surface area contributed by atoms with E-state index in [-0.39, 0.29) is 11.9 Å². The van der Waals surface area contributed by atoms with Crippen LogP contribution in [0.1, 0.15) is 24.8 Å². The van der Waals surface area contributed by atoms with Gasteiger partial charge in [-0.2, -0.15) is 0 Å². The molecule has 1 amide bonds. The van der Waals surface area contributed by atoms with Crippen LogP contribution in [-0.2, 0) is 11.3 Å². The second kappa shape index (κ2) is 5.86. The van der Waals surface area contributed by atoms with Crippen LogP contribution in [0.2, 0.25) is 0 Å². The van der Waals surface area contributed by atoms with Crippen molar-refractivity contribution in [3.05, 3.63) is 48.0 Å². The summed E-state index contributed by atoms with van der Waals surface area (Å²) in [6.45, 7) is 0.640. The minimum atomic E-state index is 0.0385. The van der Waals surface area contributed by atoms with Crippen LogP contribution in [0, 0.1) is 5.92 Å². The molecule has 2 N–H and O–H groups in total. The van der Waals surface area contributed by atoms with Crippen LogP contribution in [-0.4, -0.2) is 23.9 Å². The normalized spacial score (nSPS) is 15.9. The Hall–Kier alpha value is -1.87. The number of hydrogen-bond acceptors (Lipinski definition) is 2. The quantitative estimate of drug-likeness (QED) is 0.916. The predicted octanol–water partition coefficient (Wildman–Crippen LogP) is 2.93. The number of amides is 1. The molecule has 1 unspecified atom stereocenters. The molecule has 0 aliphatic heterocycles. The Balaban J connectivity index is 1.64. The van der Waals surface area contributed by atoms with Crippen molar-refractivity contribution in [1.29, 1.82) is 0 Å². The highest BCUT2D eigenvalue weighted by molar-refractivity contribution is 5.83. The summed E-state index contributed by atoms with van der Waals surface area (Å²) in [7, 11) is 1.86. The maximum atomic E-state index is 12.2. The van der Waals surface area contributed by atoms with Gasteiger partial charge in [0.15, 0.2) is 0 Å². The SMILES string of the molecule is CN(Cc1ccc2ccccc2c1)C(=O)CC(N)C1CC1. The summed E-state index contributed by atoms with van der Waals surface area (Å²) >= 11 is 0. The molecule has 2 aromatic rings. The lowest BCUT2D eigenvalue weighted by molar-refractivity contribution is -0.130. The Morgan fingerprint density at radius 2 is 1.95 bits per heavy atom. The second-order valence-electron chi connectivity index (χ2n) is 6.14. The minimum Gasteiger partial charge on any atom is -0.341 e. The van der Waals surface area contributed by atoms with Gasteiger partial charge in [0.1, 0.15) is 0 Å². The van der Waals surface area contributed by atoms with Crippen LogP contribution in [0.5, 0.6) is 0 Å². The van der Waals surface area contributed by atoms with Crippen LogP contribution < -0.4 is 5.73 Å². The van der Waals surface area contributed by atoms with E-state index in [2.05, 4.69) is 30.3 Å². The summed E-state index contributed by atoms with van der Waals surface area (Å²) in [5.41, 5.74) is 7.19. The molecule has 1 saturated carbocycles. The topological polar surface area (TPSA) is 46.3 Å². The van der Waals surface area contributed by atoms with Gasteiger partial charge in [-0.3, -0.25) is 4.79 Å². The van der Waals surface area contributed by atoms with Crippen LogP contribution in [0.15, 0.2) is 42.5 Å². The maximum Gasteiger partial charge on any atom is 0.224 e. The van der Waals surface area contributed by atoms with Gasteiger partial charge in [0.2, 0.25) is 5.91 Å². The van der Waals surface area contributed by atoms with Gasteiger partial charge in [0.05, 0.1) is 0 Å². The zero-order chi connectivity index (χ0) is 14.8. The van der Waals surface area contributed by atoms with Crippen LogP contribution in [0.4, 0.5) is 0 Å². The molecule has 0 radical (unpaired) electrons. The Morgan fingerprint density at radius 1 is 1.24 bits per heavy atom. The molecule has 3 nitrogen and oxygen atoms in total. The van der Waals surface area contributed by atoms with Crippen molar-refractivity contribution in [2.24, 2.45) is 11.7 Å². The van der Waals surface area contributed by atoms with E-state index in [1.54, 1.807) is 4.90 Å². The summed E-state index contributed by atoms with van der Waals surface area (Å²) in [6, 6.07) is 14.7. The molecule has 1 fully saturated rings. The van der Waals surface area contributed by atoms with E-state index in [1.165, 1.54) is 23.6 Å². The van der Waals surface area contributed by atoms with Gasteiger partial charge in [0, 0.05) is 26.1 Å². The highest BCUT2D eigenvalue weighted by Gasteiger charge is 2.30.